The Labute approximate surface area is 357 Å². The summed E-state index contributed by atoms with van der Waals surface area (Å²) in [7, 11) is -4.35. The van der Waals surface area contributed by atoms with Gasteiger partial charge < -0.3 is 21.1 Å². The van der Waals surface area contributed by atoms with Crippen molar-refractivity contribution in [3.8, 4) is 0 Å². The topological polar surface area (TPSA) is 131 Å². The summed E-state index contributed by atoms with van der Waals surface area (Å²) in [6.45, 7) is 3.99. The van der Waals surface area contributed by atoms with Crippen molar-refractivity contribution in [3.05, 3.63) is 72.9 Å². The minimum Gasteiger partial charge on any atom is -0.387 e. The third kappa shape index (κ3) is 42.1. The standard InChI is InChI=1S/C49H89N2O6P/c1-3-5-7-9-11-13-15-17-19-21-22-23-24-25-26-27-29-31-33-35-37-39-41-43-49(53)51-47(46-57-58(54,55)56-45-44-50)48(52)42-40-38-36-34-32-30-28-20-18-16-14-12-10-8-6-4-2/h5,7,11,13,17,19,22-23,32,34,40,42,47-48,52H,3-4,6,8-10,12,14-16,18,20-21,24-31,33,35-39,41,43-46,50H2,1-2H3,(H,51,53)(H,54,55)/b7-5-,13-11-,19-17-,23-22-,34-32+,42-40+. The van der Waals surface area contributed by atoms with Crippen LogP contribution in [0.1, 0.15) is 200 Å². The third-order valence-corrected chi connectivity index (χ3v) is 11.0. The summed E-state index contributed by atoms with van der Waals surface area (Å²) in [4.78, 5) is 22.8. The summed E-state index contributed by atoms with van der Waals surface area (Å²) in [5.41, 5.74) is 5.38. The molecule has 0 spiro atoms. The predicted molar refractivity (Wildman–Crippen MR) is 249 cm³/mol. The van der Waals surface area contributed by atoms with Gasteiger partial charge in [-0.3, -0.25) is 13.8 Å². The molecule has 0 fully saturated rings. The quantitative estimate of drug-likeness (QED) is 0.0273. The number of aliphatic hydroxyl groups excluding tert-OH is 1. The number of nitrogens with two attached hydrogens (primary N) is 1. The van der Waals surface area contributed by atoms with E-state index in [0.717, 1.165) is 70.6 Å². The van der Waals surface area contributed by atoms with Crippen LogP contribution < -0.4 is 11.1 Å². The number of phosphoric ester groups is 1. The second kappa shape index (κ2) is 44.5. The molecular weight excluding hydrogens is 744 g/mol. The molecule has 0 aliphatic rings. The number of unbranched alkanes of at least 4 members (excludes halogenated alkanes) is 21. The smallest absolute Gasteiger partial charge is 0.387 e. The average Bonchev–Trinajstić information content (AvgIpc) is 3.21. The number of carbonyl (C=O) groups is 1. The van der Waals surface area contributed by atoms with Crippen LogP contribution in [0.25, 0.3) is 0 Å². The van der Waals surface area contributed by atoms with E-state index in [9.17, 15) is 19.4 Å². The van der Waals surface area contributed by atoms with Crippen molar-refractivity contribution in [3.63, 3.8) is 0 Å². The van der Waals surface area contributed by atoms with Crippen LogP contribution in [-0.2, 0) is 18.4 Å². The van der Waals surface area contributed by atoms with Gasteiger partial charge in [0.2, 0.25) is 5.91 Å². The van der Waals surface area contributed by atoms with Crippen molar-refractivity contribution in [2.45, 2.75) is 212 Å². The summed E-state index contributed by atoms with van der Waals surface area (Å²) >= 11 is 0. The van der Waals surface area contributed by atoms with E-state index in [1.807, 2.05) is 6.08 Å². The van der Waals surface area contributed by atoms with Crippen molar-refractivity contribution in [2.75, 3.05) is 19.8 Å². The maximum absolute atomic E-state index is 12.8. The second-order valence-electron chi connectivity index (χ2n) is 15.6. The van der Waals surface area contributed by atoms with Crippen molar-refractivity contribution in [2.24, 2.45) is 5.73 Å². The van der Waals surface area contributed by atoms with Gasteiger partial charge in [0.05, 0.1) is 25.4 Å². The largest absolute Gasteiger partial charge is 0.472 e. The maximum Gasteiger partial charge on any atom is 0.472 e. The van der Waals surface area contributed by atoms with Crippen LogP contribution in [0.15, 0.2) is 72.9 Å². The molecule has 0 aliphatic heterocycles. The molecule has 0 aromatic heterocycles. The summed E-state index contributed by atoms with van der Waals surface area (Å²) < 4.78 is 22.2. The fourth-order valence-corrected chi connectivity index (χ4v) is 7.25. The Morgan fingerprint density at radius 2 is 1.02 bits per heavy atom. The van der Waals surface area contributed by atoms with E-state index in [0.29, 0.717) is 6.42 Å². The highest BCUT2D eigenvalue weighted by atomic mass is 31.2. The van der Waals surface area contributed by atoms with Crippen LogP contribution in [0, 0.1) is 0 Å². The number of amides is 1. The first kappa shape index (κ1) is 55.9. The van der Waals surface area contributed by atoms with Gasteiger partial charge in [0.25, 0.3) is 0 Å². The van der Waals surface area contributed by atoms with Crippen molar-refractivity contribution >= 4 is 13.7 Å². The first-order chi connectivity index (χ1) is 28.4. The van der Waals surface area contributed by atoms with Gasteiger partial charge in [0.15, 0.2) is 0 Å². The van der Waals surface area contributed by atoms with Gasteiger partial charge in [-0.15, -0.1) is 0 Å². The zero-order chi connectivity index (χ0) is 42.5. The van der Waals surface area contributed by atoms with E-state index in [4.69, 9.17) is 14.8 Å². The monoisotopic (exact) mass is 833 g/mol. The lowest BCUT2D eigenvalue weighted by molar-refractivity contribution is -0.123. The number of hydrogen-bond donors (Lipinski definition) is 4. The minimum atomic E-state index is -4.35. The summed E-state index contributed by atoms with van der Waals surface area (Å²) in [5.74, 6) is -0.211. The molecule has 0 saturated carbocycles. The first-order valence-electron chi connectivity index (χ1n) is 23.6. The van der Waals surface area contributed by atoms with Crippen molar-refractivity contribution < 1.29 is 28.4 Å². The molecule has 0 aromatic rings. The fourth-order valence-electron chi connectivity index (χ4n) is 6.49. The zero-order valence-corrected chi connectivity index (χ0v) is 38.2. The lowest BCUT2D eigenvalue weighted by Crippen LogP contribution is -2.45. The molecule has 58 heavy (non-hydrogen) atoms. The lowest BCUT2D eigenvalue weighted by atomic mass is 10.0. The maximum atomic E-state index is 12.8. The van der Waals surface area contributed by atoms with Crippen LogP contribution in [0.5, 0.6) is 0 Å². The zero-order valence-electron chi connectivity index (χ0n) is 37.3. The van der Waals surface area contributed by atoms with E-state index >= 15 is 0 Å². The van der Waals surface area contributed by atoms with Gasteiger partial charge in [0, 0.05) is 13.0 Å². The highest BCUT2D eigenvalue weighted by molar-refractivity contribution is 7.47. The van der Waals surface area contributed by atoms with Gasteiger partial charge in [-0.25, -0.2) is 4.57 Å². The molecule has 0 aliphatic carbocycles. The van der Waals surface area contributed by atoms with Gasteiger partial charge in [-0.1, -0.05) is 196 Å². The Bertz CT molecular complexity index is 1130. The minimum absolute atomic E-state index is 0.0703. The summed E-state index contributed by atoms with van der Waals surface area (Å²) in [5, 5.41) is 13.7. The molecule has 0 radical (unpaired) electrons. The first-order valence-corrected chi connectivity index (χ1v) is 25.1. The molecule has 5 N–H and O–H groups in total. The number of carbonyl (C=O) groups excluding carboxylic acids is 1. The molecule has 3 atom stereocenters. The summed E-state index contributed by atoms with van der Waals surface area (Å²) in [6, 6.07) is -0.883. The third-order valence-electron chi connectivity index (χ3n) is 10.0. The molecule has 8 nitrogen and oxygen atoms in total. The molecule has 0 rings (SSSR count). The van der Waals surface area contributed by atoms with Crippen molar-refractivity contribution in [1.29, 1.82) is 0 Å². The van der Waals surface area contributed by atoms with Gasteiger partial charge in [-0.2, -0.15) is 0 Å². The van der Waals surface area contributed by atoms with Gasteiger partial charge in [0.1, 0.15) is 0 Å². The number of nitrogens with one attached hydrogen (secondary N) is 1. The molecule has 1 amide bonds. The van der Waals surface area contributed by atoms with Crippen LogP contribution in [0.4, 0.5) is 0 Å². The predicted octanol–water partition coefficient (Wildman–Crippen LogP) is 13.6. The van der Waals surface area contributed by atoms with E-state index in [1.165, 1.54) is 109 Å². The lowest BCUT2D eigenvalue weighted by Gasteiger charge is -2.23. The number of aliphatic hydroxyl groups is 1. The second-order valence-corrected chi connectivity index (χ2v) is 17.0. The Morgan fingerprint density at radius 3 is 1.53 bits per heavy atom. The molecule has 336 valence electrons. The van der Waals surface area contributed by atoms with Crippen LogP contribution in [-0.4, -0.2) is 47.8 Å². The molecular formula is C49H89N2O6P. The van der Waals surface area contributed by atoms with Gasteiger partial charge >= 0.3 is 7.82 Å². The van der Waals surface area contributed by atoms with E-state index in [1.54, 1.807) is 6.08 Å². The van der Waals surface area contributed by atoms with Crippen LogP contribution in [0.2, 0.25) is 0 Å². The van der Waals surface area contributed by atoms with Crippen molar-refractivity contribution in [1.82, 2.24) is 5.32 Å². The Morgan fingerprint density at radius 1 is 0.586 bits per heavy atom. The van der Waals surface area contributed by atoms with Crippen LogP contribution >= 0.6 is 7.82 Å². The van der Waals surface area contributed by atoms with E-state index in [-0.39, 0.29) is 25.7 Å². The van der Waals surface area contributed by atoms with Crippen LogP contribution in [0.3, 0.4) is 0 Å². The molecule has 0 aromatic carbocycles. The highest BCUT2D eigenvalue weighted by Gasteiger charge is 2.26. The molecule has 0 bridgehead atoms. The number of allylic oxidation sites excluding steroid dienone is 11. The molecule has 9 heteroatoms. The normalized spacial score (nSPS) is 14.6. The SMILES string of the molecule is CC/C=C\C/C=C\C/C=C\C/C=C\CCCCCCCCCCCCC(=O)NC(COP(=O)(O)OCCN)C(O)/C=C/CC/C=C/CCCCCCCCCCCC. The summed E-state index contributed by atoms with van der Waals surface area (Å²) in [6.07, 6.45) is 58.1. The Kier molecular flexibility index (Phi) is 42.9. The number of hydrogen-bond acceptors (Lipinski definition) is 6. The van der Waals surface area contributed by atoms with E-state index < -0.39 is 20.0 Å². The number of phosphoric acid groups is 1. The molecule has 3 unspecified atom stereocenters. The average molecular weight is 833 g/mol. The van der Waals surface area contributed by atoms with E-state index in [2.05, 4.69) is 79.9 Å². The highest BCUT2D eigenvalue weighted by Crippen LogP contribution is 2.43. The Balaban J connectivity index is 4.19. The Hall–Kier alpha value is -2.06. The number of rotatable bonds is 43. The van der Waals surface area contributed by atoms with Gasteiger partial charge in [-0.05, 0) is 70.6 Å². The molecule has 0 heterocycles. The molecule has 0 saturated heterocycles. The fraction of sp³-hybridized carbons (Fsp3) is 0.735.